The van der Waals surface area contributed by atoms with Gasteiger partial charge in [-0.05, 0) is 55.4 Å². The lowest BCUT2D eigenvalue weighted by molar-refractivity contribution is -0.0366. The molecule has 4 rings (SSSR count). The van der Waals surface area contributed by atoms with E-state index in [1.165, 1.54) is 0 Å². The molecule has 1 atom stereocenters. The summed E-state index contributed by atoms with van der Waals surface area (Å²) in [5.74, 6) is 0. The highest BCUT2D eigenvalue weighted by Gasteiger charge is 2.28. The van der Waals surface area contributed by atoms with E-state index in [9.17, 15) is 10.0 Å². The lowest BCUT2D eigenvalue weighted by atomic mass is 9.73. The summed E-state index contributed by atoms with van der Waals surface area (Å²) in [6, 6.07) is 2.12. The van der Waals surface area contributed by atoms with Crippen molar-refractivity contribution in [3.05, 3.63) is 29.5 Å². The van der Waals surface area contributed by atoms with Crippen LogP contribution in [0.4, 0.5) is 0 Å². The second-order valence-corrected chi connectivity index (χ2v) is 6.13. The van der Waals surface area contributed by atoms with Crippen LogP contribution in [0, 0.1) is 0 Å². The van der Waals surface area contributed by atoms with E-state index in [-0.39, 0.29) is 6.23 Å². The van der Waals surface area contributed by atoms with Crippen LogP contribution < -0.4 is 5.46 Å². The van der Waals surface area contributed by atoms with Gasteiger partial charge >= 0.3 is 7.12 Å². The fourth-order valence-corrected chi connectivity index (χ4v) is 3.67. The van der Waals surface area contributed by atoms with Gasteiger partial charge in [0, 0.05) is 17.5 Å². The van der Waals surface area contributed by atoms with Crippen molar-refractivity contribution < 1.29 is 14.8 Å². The number of nitrogens with zero attached hydrogens (tertiary/aromatic N) is 2. The minimum Gasteiger partial charge on any atom is -0.423 e. The molecule has 2 N–H and O–H groups in total. The van der Waals surface area contributed by atoms with E-state index >= 15 is 0 Å². The molecule has 6 heteroatoms. The second-order valence-electron chi connectivity index (χ2n) is 6.13. The maximum absolute atomic E-state index is 9.88. The highest BCUT2D eigenvalue weighted by atomic mass is 16.5. The number of hydrogen-bond acceptors (Lipinski definition) is 4. The summed E-state index contributed by atoms with van der Waals surface area (Å²) in [5, 5.41) is 25.0. The number of ether oxygens (including phenoxy) is 1. The summed E-state index contributed by atoms with van der Waals surface area (Å²) in [7, 11) is -1.50. The van der Waals surface area contributed by atoms with E-state index in [0.717, 1.165) is 59.9 Å². The zero-order chi connectivity index (χ0) is 15.3. The van der Waals surface area contributed by atoms with Crippen molar-refractivity contribution in [3.63, 3.8) is 0 Å². The Morgan fingerprint density at radius 2 is 2.23 bits per heavy atom. The fraction of sp³-hybridized carbons (Fsp3) is 0.438. The highest BCUT2D eigenvalue weighted by Crippen LogP contribution is 2.32. The molecule has 1 aliphatic carbocycles. The van der Waals surface area contributed by atoms with Crippen LogP contribution >= 0.6 is 0 Å². The van der Waals surface area contributed by atoms with Crippen LogP contribution in [0.1, 0.15) is 43.5 Å². The average molecular weight is 298 g/mol. The first-order valence-electron chi connectivity index (χ1n) is 7.84. The Kier molecular flexibility index (Phi) is 3.33. The lowest BCUT2D eigenvalue weighted by Crippen LogP contribution is -2.33. The third kappa shape index (κ3) is 2.02. The Morgan fingerprint density at radius 3 is 2.95 bits per heavy atom. The largest absolute Gasteiger partial charge is 0.489 e. The maximum atomic E-state index is 9.88. The van der Waals surface area contributed by atoms with Crippen molar-refractivity contribution in [2.24, 2.45) is 0 Å². The minimum atomic E-state index is -1.50. The molecule has 22 heavy (non-hydrogen) atoms. The molecule has 1 aromatic carbocycles. The van der Waals surface area contributed by atoms with Crippen molar-refractivity contribution in [2.45, 2.75) is 38.8 Å². The second kappa shape index (κ2) is 5.23. The summed E-state index contributed by atoms with van der Waals surface area (Å²) in [6.45, 7) is 2.77. The Balaban J connectivity index is 1.92. The first kappa shape index (κ1) is 14.0. The Bertz CT molecular complexity index is 760. The van der Waals surface area contributed by atoms with E-state index in [1.54, 1.807) is 6.20 Å². The molecule has 1 aliphatic heterocycles. The fourth-order valence-electron chi connectivity index (χ4n) is 3.67. The smallest absolute Gasteiger partial charge is 0.423 e. The standard InChI is InChI=1S/C16H19BN2O3/c1-10-5-6-11-8-13-12(16(15(10)11)17(20)21)9-18-19(13)14-4-2-3-7-22-14/h5,8-9,14,20-21H,2-4,6-7H2,1H3. The first-order valence-corrected chi connectivity index (χ1v) is 7.84. The Morgan fingerprint density at radius 1 is 1.36 bits per heavy atom. The van der Waals surface area contributed by atoms with E-state index in [0.29, 0.717) is 5.46 Å². The van der Waals surface area contributed by atoms with Gasteiger partial charge in [0.2, 0.25) is 0 Å². The predicted molar refractivity (Wildman–Crippen MR) is 85.8 cm³/mol. The van der Waals surface area contributed by atoms with Crippen LogP contribution in [0.5, 0.6) is 0 Å². The van der Waals surface area contributed by atoms with Crippen LogP contribution in [0.15, 0.2) is 18.3 Å². The molecule has 2 aliphatic rings. The van der Waals surface area contributed by atoms with Crippen LogP contribution in [0.2, 0.25) is 0 Å². The van der Waals surface area contributed by atoms with E-state index in [4.69, 9.17) is 4.74 Å². The highest BCUT2D eigenvalue weighted by molar-refractivity contribution is 6.63. The molecule has 0 amide bonds. The van der Waals surface area contributed by atoms with Gasteiger partial charge in [-0.1, -0.05) is 6.08 Å². The van der Waals surface area contributed by atoms with Crippen molar-refractivity contribution in [3.8, 4) is 0 Å². The quantitative estimate of drug-likeness (QED) is 0.822. The molecule has 0 bridgehead atoms. The Hall–Kier alpha value is -1.63. The number of hydrogen-bond donors (Lipinski definition) is 2. The number of benzene rings is 1. The molecule has 114 valence electrons. The normalized spacial score (nSPS) is 21.0. The molecule has 1 fully saturated rings. The number of rotatable bonds is 2. The molecule has 5 nitrogen and oxygen atoms in total. The van der Waals surface area contributed by atoms with Crippen LogP contribution in [-0.4, -0.2) is 33.6 Å². The van der Waals surface area contributed by atoms with Crippen LogP contribution in [0.3, 0.4) is 0 Å². The van der Waals surface area contributed by atoms with Crippen LogP contribution in [0.25, 0.3) is 16.5 Å². The maximum Gasteiger partial charge on any atom is 0.489 e. The van der Waals surface area contributed by atoms with Crippen molar-refractivity contribution >= 4 is 29.1 Å². The molecule has 0 radical (unpaired) electrons. The van der Waals surface area contributed by atoms with Gasteiger partial charge in [0.1, 0.15) is 0 Å². The Labute approximate surface area is 129 Å². The SMILES string of the molecule is CC1=CCc2cc3c(cnn3C3CCCCO3)c(B(O)O)c21. The monoisotopic (exact) mass is 298 g/mol. The van der Waals surface area contributed by atoms with E-state index in [2.05, 4.69) is 17.2 Å². The summed E-state index contributed by atoms with van der Waals surface area (Å²) >= 11 is 0. The molecule has 1 saturated heterocycles. The first-order chi connectivity index (χ1) is 10.7. The van der Waals surface area contributed by atoms with Gasteiger partial charge < -0.3 is 14.8 Å². The number of allylic oxidation sites excluding steroid dienone is 2. The van der Waals surface area contributed by atoms with Gasteiger partial charge in [0.25, 0.3) is 0 Å². The van der Waals surface area contributed by atoms with Gasteiger partial charge in [-0.3, -0.25) is 0 Å². The molecule has 0 spiro atoms. The topological polar surface area (TPSA) is 67.5 Å². The van der Waals surface area contributed by atoms with Gasteiger partial charge in [0.15, 0.2) is 6.23 Å². The molecule has 2 heterocycles. The zero-order valence-electron chi connectivity index (χ0n) is 12.6. The molecule has 1 unspecified atom stereocenters. The van der Waals surface area contributed by atoms with Crippen molar-refractivity contribution in [1.29, 1.82) is 0 Å². The molecule has 2 aromatic rings. The van der Waals surface area contributed by atoms with Gasteiger partial charge in [-0.25, -0.2) is 4.68 Å². The summed E-state index contributed by atoms with van der Waals surface area (Å²) in [4.78, 5) is 0. The number of aromatic nitrogens is 2. The lowest BCUT2D eigenvalue weighted by Gasteiger charge is -2.24. The van der Waals surface area contributed by atoms with Gasteiger partial charge in [-0.15, -0.1) is 0 Å². The van der Waals surface area contributed by atoms with Gasteiger partial charge in [0.05, 0.1) is 11.7 Å². The predicted octanol–water partition coefficient (Wildman–Crippen LogP) is 1.37. The summed E-state index contributed by atoms with van der Waals surface area (Å²) < 4.78 is 7.73. The third-order valence-electron chi connectivity index (χ3n) is 4.73. The van der Waals surface area contributed by atoms with E-state index in [1.807, 2.05) is 11.6 Å². The molecule has 0 saturated carbocycles. The summed E-state index contributed by atoms with van der Waals surface area (Å²) in [5.41, 5.74) is 4.69. The average Bonchev–Trinajstić information content (AvgIpc) is 3.10. The number of fused-ring (bicyclic) bond motifs is 2. The minimum absolute atomic E-state index is 0.0524. The summed E-state index contributed by atoms with van der Waals surface area (Å²) in [6.07, 6.45) is 7.80. The molecule has 1 aromatic heterocycles. The molecular weight excluding hydrogens is 279 g/mol. The third-order valence-corrected chi connectivity index (χ3v) is 4.73. The zero-order valence-corrected chi connectivity index (χ0v) is 12.6. The van der Waals surface area contributed by atoms with Crippen molar-refractivity contribution in [2.75, 3.05) is 6.61 Å². The molecular formula is C16H19BN2O3. The van der Waals surface area contributed by atoms with E-state index < -0.39 is 7.12 Å². The van der Waals surface area contributed by atoms with Gasteiger partial charge in [-0.2, -0.15) is 5.10 Å². The van der Waals surface area contributed by atoms with Crippen LogP contribution in [-0.2, 0) is 11.2 Å². The van der Waals surface area contributed by atoms with Crippen molar-refractivity contribution in [1.82, 2.24) is 9.78 Å².